The molecular formula is C26H24F4N4O5. The van der Waals surface area contributed by atoms with Gasteiger partial charge in [-0.1, -0.05) is 24.3 Å². The Labute approximate surface area is 219 Å². The van der Waals surface area contributed by atoms with Gasteiger partial charge in [0.1, 0.15) is 11.5 Å². The van der Waals surface area contributed by atoms with Crippen molar-refractivity contribution in [3.8, 4) is 5.69 Å². The molecule has 0 spiro atoms. The molecule has 39 heavy (non-hydrogen) atoms. The summed E-state index contributed by atoms with van der Waals surface area (Å²) in [7, 11) is 0. The molecule has 2 aromatic carbocycles. The van der Waals surface area contributed by atoms with E-state index in [2.05, 4.69) is 5.10 Å². The minimum atomic E-state index is -4.58. The number of esters is 1. The number of halogens is 4. The number of likely N-dealkylation sites (tertiary alicyclic amines) is 1. The van der Waals surface area contributed by atoms with Gasteiger partial charge in [-0.15, -0.1) is 0 Å². The van der Waals surface area contributed by atoms with E-state index in [1.165, 1.54) is 23.1 Å². The van der Waals surface area contributed by atoms with Crippen LogP contribution in [0.2, 0.25) is 0 Å². The number of hydrogen-bond acceptors (Lipinski definition) is 6. The molecule has 0 radical (unpaired) electrons. The SMILES string of the molecule is CCOC(=O)[C@H]1CCCN(C(=O)c2nn(-c3ccccc3F)c(=O)n(Cc3ccc(C(F)(F)F)cc3)c2=O)C1. The van der Waals surface area contributed by atoms with E-state index in [4.69, 9.17) is 4.74 Å². The molecule has 1 aromatic heterocycles. The van der Waals surface area contributed by atoms with Crippen molar-refractivity contribution >= 4 is 11.9 Å². The Morgan fingerprint density at radius 1 is 1.08 bits per heavy atom. The van der Waals surface area contributed by atoms with Gasteiger partial charge in [0, 0.05) is 13.1 Å². The van der Waals surface area contributed by atoms with E-state index in [9.17, 15) is 36.7 Å². The predicted octanol–water partition coefficient (Wildman–Crippen LogP) is 3.02. The summed E-state index contributed by atoms with van der Waals surface area (Å²) in [6.07, 6.45) is -3.66. The fourth-order valence-electron chi connectivity index (χ4n) is 4.31. The molecule has 0 aliphatic carbocycles. The minimum absolute atomic E-state index is 0.0451. The second kappa shape index (κ2) is 11.2. The van der Waals surface area contributed by atoms with E-state index in [-0.39, 0.29) is 30.9 Å². The monoisotopic (exact) mass is 548 g/mol. The zero-order chi connectivity index (χ0) is 28.3. The molecule has 1 aliphatic rings. The zero-order valence-electron chi connectivity index (χ0n) is 20.8. The Hall–Kier alpha value is -4.29. The van der Waals surface area contributed by atoms with E-state index >= 15 is 0 Å². The normalized spacial score (nSPS) is 15.7. The first-order valence-electron chi connectivity index (χ1n) is 12.1. The number of benzene rings is 2. The molecule has 0 bridgehead atoms. The van der Waals surface area contributed by atoms with Gasteiger partial charge < -0.3 is 9.64 Å². The van der Waals surface area contributed by atoms with Crippen molar-refractivity contribution < 1.29 is 31.9 Å². The van der Waals surface area contributed by atoms with Crippen LogP contribution in [0.4, 0.5) is 17.6 Å². The van der Waals surface area contributed by atoms with Gasteiger partial charge >= 0.3 is 17.8 Å². The molecule has 13 heteroatoms. The molecule has 4 rings (SSSR count). The Morgan fingerprint density at radius 2 is 1.77 bits per heavy atom. The Bertz CT molecular complexity index is 1500. The third-order valence-electron chi connectivity index (χ3n) is 6.29. The minimum Gasteiger partial charge on any atom is -0.466 e. The fourth-order valence-corrected chi connectivity index (χ4v) is 4.31. The second-order valence-corrected chi connectivity index (χ2v) is 8.92. The number of hydrogen-bond donors (Lipinski definition) is 0. The molecule has 1 saturated heterocycles. The van der Waals surface area contributed by atoms with Gasteiger partial charge in [0.05, 0.1) is 24.6 Å². The first kappa shape index (κ1) is 27.7. The van der Waals surface area contributed by atoms with Crippen LogP contribution in [0, 0.1) is 11.7 Å². The summed E-state index contributed by atoms with van der Waals surface area (Å²) in [6.45, 7) is 1.47. The zero-order valence-corrected chi connectivity index (χ0v) is 20.8. The maximum absolute atomic E-state index is 14.6. The van der Waals surface area contributed by atoms with Gasteiger partial charge in [-0.25, -0.2) is 9.18 Å². The molecule has 0 N–H and O–H groups in total. The topological polar surface area (TPSA) is 104 Å². The summed E-state index contributed by atoms with van der Waals surface area (Å²) in [5.74, 6) is -2.83. The van der Waals surface area contributed by atoms with Crippen molar-refractivity contribution in [2.24, 2.45) is 5.92 Å². The summed E-state index contributed by atoms with van der Waals surface area (Å²) in [6, 6.07) is 8.87. The van der Waals surface area contributed by atoms with Crippen LogP contribution in [0.5, 0.6) is 0 Å². The van der Waals surface area contributed by atoms with Gasteiger partial charge in [0.2, 0.25) is 5.69 Å². The lowest BCUT2D eigenvalue weighted by atomic mass is 9.98. The van der Waals surface area contributed by atoms with Crippen LogP contribution in [-0.2, 0) is 22.3 Å². The summed E-state index contributed by atoms with van der Waals surface area (Å²) >= 11 is 0. The molecule has 206 valence electrons. The molecule has 3 aromatic rings. The van der Waals surface area contributed by atoms with Crippen LogP contribution in [0.1, 0.15) is 41.4 Å². The number of aromatic nitrogens is 3. The van der Waals surface area contributed by atoms with Gasteiger partial charge in [0.25, 0.3) is 11.5 Å². The number of amides is 1. The predicted molar refractivity (Wildman–Crippen MR) is 130 cm³/mol. The standard InChI is InChI=1S/C26H24F4N4O5/c1-2-39-24(37)17-6-5-13-32(15-17)22(35)21-23(36)33(14-16-9-11-18(12-10-16)26(28,29)30)25(38)34(31-21)20-8-4-3-7-19(20)27/h3-4,7-12,17H,2,5-6,13-15H2,1H3/t17-/m0/s1. The van der Waals surface area contributed by atoms with Gasteiger partial charge in [0.15, 0.2) is 0 Å². The number of alkyl halides is 3. The number of carbonyl (C=O) groups is 2. The molecular weight excluding hydrogens is 524 g/mol. The van der Waals surface area contributed by atoms with Crippen LogP contribution in [0.3, 0.4) is 0 Å². The molecule has 1 atom stereocenters. The molecule has 9 nitrogen and oxygen atoms in total. The first-order chi connectivity index (χ1) is 18.5. The molecule has 1 aliphatic heterocycles. The van der Waals surface area contributed by atoms with Gasteiger partial charge in [-0.2, -0.15) is 23.0 Å². The van der Waals surface area contributed by atoms with Crippen molar-refractivity contribution in [1.82, 2.24) is 19.2 Å². The largest absolute Gasteiger partial charge is 0.466 e. The Kier molecular flexibility index (Phi) is 7.98. The smallest absolute Gasteiger partial charge is 0.416 e. The van der Waals surface area contributed by atoms with Crippen molar-refractivity contribution in [2.75, 3.05) is 19.7 Å². The summed E-state index contributed by atoms with van der Waals surface area (Å²) < 4.78 is 59.8. The van der Waals surface area contributed by atoms with Gasteiger partial charge in [-0.05, 0) is 49.6 Å². The third kappa shape index (κ3) is 5.91. The third-order valence-corrected chi connectivity index (χ3v) is 6.29. The maximum Gasteiger partial charge on any atom is 0.416 e. The number of para-hydroxylation sites is 1. The van der Waals surface area contributed by atoms with Crippen molar-refractivity contribution in [3.63, 3.8) is 0 Å². The number of ether oxygens (including phenoxy) is 1. The number of piperidine rings is 1. The van der Waals surface area contributed by atoms with E-state index < -0.39 is 58.8 Å². The second-order valence-electron chi connectivity index (χ2n) is 8.92. The van der Waals surface area contributed by atoms with E-state index in [1.807, 2.05) is 0 Å². The number of carbonyl (C=O) groups excluding carboxylic acids is 2. The van der Waals surface area contributed by atoms with E-state index in [1.54, 1.807) is 6.92 Å². The quantitative estimate of drug-likeness (QED) is 0.347. The summed E-state index contributed by atoms with van der Waals surface area (Å²) in [5, 5.41) is 3.91. The fraction of sp³-hybridized carbons (Fsp3) is 0.346. The van der Waals surface area contributed by atoms with Crippen molar-refractivity contribution in [1.29, 1.82) is 0 Å². The Balaban J connectivity index is 1.78. The summed E-state index contributed by atoms with van der Waals surface area (Å²) in [5.41, 5.74) is -3.99. The summed E-state index contributed by atoms with van der Waals surface area (Å²) in [4.78, 5) is 53.6. The van der Waals surface area contributed by atoms with Gasteiger partial charge in [-0.3, -0.25) is 19.0 Å². The van der Waals surface area contributed by atoms with Crippen LogP contribution < -0.4 is 11.2 Å². The molecule has 0 saturated carbocycles. The highest BCUT2D eigenvalue weighted by molar-refractivity contribution is 5.92. The lowest BCUT2D eigenvalue weighted by Gasteiger charge is -2.31. The molecule has 1 amide bonds. The molecule has 1 fully saturated rings. The number of rotatable bonds is 6. The highest BCUT2D eigenvalue weighted by atomic mass is 19.4. The van der Waals surface area contributed by atoms with Crippen LogP contribution in [0.25, 0.3) is 5.69 Å². The van der Waals surface area contributed by atoms with Crippen molar-refractivity contribution in [2.45, 2.75) is 32.5 Å². The van der Waals surface area contributed by atoms with Crippen LogP contribution in [0.15, 0.2) is 58.1 Å². The van der Waals surface area contributed by atoms with Crippen LogP contribution in [-0.4, -0.2) is 50.8 Å². The average Bonchev–Trinajstić information content (AvgIpc) is 2.91. The van der Waals surface area contributed by atoms with Crippen molar-refractivity contribution in [3.05, 3.63) is 92.0 Å². The van der Waals surface area contributed by atoms with E-state index in [0.717, 1.165) is 30.3 Å². The Morgan fingerprint density at radius 3 is 2.41 bits per heavy atom. The lowest BCUT2D eigenvalue weighted by Crippen LogP contribution is -2.49. The van der Waals surface area contributed by atoms with E-state index in [0.29, 0.717) is 22.1 Å². The molecule has 2 heterocycles. The van der Waals surface area contributed by atoms with Crippen LogP contribution >= 0.6 is 0 Å². The highest BCUT2D eigenvalue weighted by Crippen LogP contribution is 2.29. The lowest BCUT2D eigenvalue weighted by molar-refractivity contribution is -0.149. The molecule has 0 unspecified atom stereocenters. The first-order valence-corrected chi connectivity index (χ1v) is 12.1. The highest BCUT2D eigenvalue weighted by Gasteiger charge is 2.33. The average molecular weight is 548 g/mol. The number of nitrogens with zero attached hydrogens (tertiary/aromatic N) is 4. The maximum atomic E-state index is 14.6.